The number of aryl methyl sites for hydroxylation is 4. The largest absolute Gasteiger partial charge is 3.00 e. The Balaban J connectivity index is 0.00000560. The van der Waals surface area contributed by atoms with E-state index in [4.69, 9.17) is 9.40 Å². The summed E-state index contributed by atoms with van der Waals surface area (Å²) in [4.78, 5) is 18.5. The molecule has 0 fully saturated rings. The van der Waals surface area contributed by atoms with Crippen LogP contribution in [-0.2, 0) is 45.8 Å². The second kappa shape index (κ2) is 20.9. The van der Waals surface area contributed by atoms with Gasteiger partial charge in [0, 0.05) is 28.9 Å². The van der Waals surface area contributed by atoms with Crippen molar-refractivity contribution in [3.63, 3.8) is 0 Å². The number of hydrogen-bond donors (Lipinski definition) is 0. The van der Waals surface area contributed by atoms with E-state index in [1.54, 1.807) is 6.33 Å². The third kappa shape index (κ3) is 9.71. The summed E-state index contributed by atoms with van der Waals surface area (Å²) >= 11 is 0. The van der Waals surface area contributed by atoms with E-state index in [0.29, 0.717) is 5.71 Å². The molecule has 0 spiro atoms. The zero-order valence-corrected chi connectivity index (χ0v) is 41.6. The Morgan fingerprint density at radius 1 is 0.375 bits per heavy atom. The van der Waals surface area contributed by atoms with Gasteiger partial charge in [0.15, 0.2) is 0 Å². The van der Waals surface area contributed by atoms with Gasteiger partial charge in [0.2, 0.25) is 5.71 Å². The molecule has 0 aliphatic rings. The Hall–Kier alpha value is -8.41. The van der Waals surface area contributed by atoms with Gasteiger partial charge in [-0.15, -0.1) is 94.5 Å². The third-order valence-electron chi connectivity index (χ3n) is 13.3. The number of fused-ring (bicyclic) bond motifs is 3. The van der Waals surface area contributed by atoms with Crippen LogP contribution in [0.25, 0.3) is 100 Å². The number of rotatable bonds is 13. The van der Waals surface area contributed by atoms with Crippen LogP contribution in [0.2, 0.25) is 0 Å². The molecule has 6 heteroatoms. The molecule has 0 aliphatic carbocycles. The molecule has 0 amide bonds. The average molecular weight is 1100 g/mol. The molecule has 72 heavy (non-hydrogen) atoms. The zero-order valence-electron chi connectivity index (χ0n) is 39.2. The van der Waals surface area contributed by atoms with Crippen LogP contribution in [0.3, 0.4) is 0 Å². The van der Waals surface area contributed by atoms with Crippen LogP contribution < -0.4 is 0 Å². The minimum atomic E-state index is 0. The van der Waals surface area contributed by atoms with E-state index in [9.17, 15) is 0 Å². The number of aromatic nitrogens is 4. The molecule has 12 aromatic rings. The fourth-order valence-electron chi connectivity index (χ4n) is 9.66. The van der Waals surface area contributed by atoms with Crippen molar-refractivity contribution in [3.05, 3.63) is 265 Å². The van der Waals surface area contributed by atoms with Crippen LogP contribution in [0.1, 0.15) is 22.3 Å². The molecule has 8 aromatic carbocycles. The van der Waals surface area contributed by atoms with Gasteiger partial charge in [-0.1, -0.05) is 169 Å². The first kappa shape index (κ1) is 46.0. The molecule has 0 aliphatic heterocycles. The minimum Gasteiger partial charge on any atom is -0.438 e. The second-order valence-electron chi connectivity index (χ2n) is 17.9. The predicted octanol–water partition coefficient (Wildman–Crippen LogP) is 15.8. The van der Waals surface area contributed by atoms with Crippen molar-refractivity contribution in [1.82, 2.24) is 19.9 Å². The summed E-state index contributed by atoms with van der Waals surface area (Å²) in [6.45, 7) is 0. The maximum Gasteiger partial charge on any atom is 3.00 e. The van der Waals surface area contributed by atoms with E-state index in [-0.39, 0.29) is 20.1 Å². The Labute approximate surface area is 433 Å². The molecule has 0 radical (unpaired) electrons. The van der Waals surface area contributed by atoms with Crippen molar-refractivity contribution in [2.45, 2.75) is 25.7 Å². The van der Waals surface area contributed by atoms with E-state index in [1.165, 1.54) is 33.4 Å². The molecular formula is C66H45IrN4O. The van der Waals surface area contributed by atoms with E-state index in [0.717, 1.165) is 109 Å². The third-order valence-corrected chi connectivity index (χ3v) is 13.3. The smallest absolute Gasteiger partial charge is 0.438 e. The molecule has 12 rings (SSSR count). The van der Waals surface area contributed by atoms with Gasteiger partial charge in [0.05, 0.1) is 0 Å². The van der Waals surface area contributed by atoms with Gasteiger partial charge >= 0.3 is 20.1 Å². The minimum absolute atomic E-state index is 0. The van der Waals surface area contributed by atoms with Gasteiger partial charge in [0.1, 0.15) is 11.9 Å². The molecular weight excluding hydrogens is 1060 g/mol. The van der Waals surface area contributed by atoms with Crippen LogP contribution in [0, 0.1) is 18.2 Å². The van der Waals surface area contributed by atoms with Crippen LogP contribution in [0.4, 0.5) is 0 Å². The number of para-hydroxylation sites is 1. The Morgan fingerprint density at radius 2 is 0.944 bits per heavy atom. The van der Waals surface area contributed by atoms with Gasteiger partial charge in [-0.05, 0) is 81.4 Å². The number of hydrogen-bond acceptors (Lipinski definition) is 5. The number of benzene rings is 8. The van der Waals surface area contributed by atoms with Gasteiger partial charge < -0.3 is 14.4 Å². The Morgan fingerprint density at radius 3 is 1.58 bits per heavy atom. The average Bonchev–Trinajstić information content (AvgIpc) is 3.84. The summed E-state index contributed by atoms with van der Waals surface area (Å²) in [6, 6.07) is 83.4. The Bertz CT molecular complexity index is 3680. The molecule has 0 N–H and O–H groups in total. The molecule has 4 heterocycles. The first-order chi connectivity index (χ1) is 35.2. The summed E-state index contributed by atoms with van der Waals surface area (Å²) in [5.41, 5.74) is 21.0. The molecule has 5 nitrogen and oxygen atoms in total. The summed E-state index contributed by atoms with van der Waals surface area (Å²) in [5.74, 6) is 0. The monoisotopic (exact) mass is 1100 g/mol. The van der Waals surface area contributed by atoms with Gasteiger partial charge in [0.25, 0.3) is 0 Å². The molecule has 0 unspecified atom stereocenters. The number of pyridine rings is 2. The van der Waals surface area contributed by atoms with Crippen molar-refractivity contribution in [2.75, 3.05) is 0 Å². The normalized spacial score (nSPS) is 11.2. The maximum absolute atomic E-state index is 6.22. The van der Waals surface area contributed by atoms with E-state index in [2.05, 4.69) is 185 Å². The van der Waals surface area contributed by atoms with Crippen LogP contribution >= 0.6 is 0 Å². The van der Waals surface area contributed by atoms with E-state index in [1.807, 2.05) is 67.0 Å². The zero-order chi connectivity index (χ0) is 47.3. The topological polar surface area (TPSA) is 64.7 Å². The second-order valence-corrected chi connectivity index (χ2v) is 17.9. The van der Waals surface area contributed by atoms with E-state index >= 15 is 0 Å². The SMILES string of the molecule is [Ir+3].[c-]1cc(CCc2cc(CCc3c[c-]c(-c4ccccn4)cc3)cc(-c3ccccc3-c3c[c-]c(-c4ncnc5oc6ccccc6c45)cc3-c3ccc(-c4ccccc4)cc3)c2)ccc1-c1ccccn1. The predicted molar refractivity (Wildman–Crippen MR) is 287 cm³/mol. The van der Waals surface area contributed by atoms with Crippen molar-refractivity contribution < 1.29 is 24.5 Å². The molecule has 0 bridgehead atoms. The summed E-state index contributed by atoms with van der Waals surface area (Å²) in [6.07, 6.45) is 8.76. The Kier molecular flexibility index (Phi) is 13.4. The molecule has 0 saturated heterocycles. The quantitative estimate of drug-likeness (QED) is 0.108. The molecule has 0 saturated carbocycles. The first-order valence-electron chi connectivity index (χ1n) is 24.1. The number of furan rings is 1. The van der Waals surface area contributed by atoms with Crippen molar-refractivity contribution in [2.24, 2.45) is 0 Å². The summed E-state index contributed by atoms with van der Waals surface area (Å²) in [7, 11) is 0. The maximum atomic E-state index is 6.22. The summed E-state index contributed by atoms with van der Waals surface area (Å²) in [5, 5.41) is 1.86. The molecule has 4 aromatic heterocycles. The van der Waals surface area contributed by atoms with Crippen LogP contribution in [-0.4, -0.2) is 19.9 Å². The van der Waals surface area contributed by atoms with Crippen LogP contribution in [0.15, 0.2) is 229 Å². The van der Waals surface area contributed by atoms with Gasteiger partial charge in [-0.3, -0.25) is 4.98 Å². The summed E-state index contributed by atoms with van der Waals surface area (Å²) < 4.78 is 6.22. The van der Waals surface area contributed by atoms with Gasteiger partial charge in [-0.2, -0.15) is 0 Å². The van der Waals surface area contributed by atoms with Crippen molar-refractivity contribution in [1.29, 1.82) is 0 Å². The molecule has 0 atom stereocenters. The van der Waals surface area contributed by atoms with Crippen LogP contribution in [0.5, 0.6) is 0 Å². The first-order valence-corrected chi connectivity index (χ1v) is 24.1. The standard InChI is InChI=1S/C66H45N4O.Ir/c1-2-12-49(13-3-1)50-32-34-51(35-33-50)60-43-54(65-64-59-16-6-7-19-63(59)71-66(64)70-44-69-65)36-37-58(60)57-15-5-4-14-56(57)55-41-47(22-20-45-24-28-52(29-25-45)61-17-8-10-38-67-61)40-48(42-55)23-21-46-26-30-53(31-27-46)62-18-9-11-39-68-62;/h1-19,24-28,30,32-35,37-44H,20-23H2;/q-3;+3. The van der Waals surface area contributed by atoms with Crippen molar-refractivity contribution >= 4 is 22.1 Å². The fraction of sp³-hybridized carbons (Fsp3) is 0.0606. The fourth-order valence-corrected chi connectivity index (χ4v) is 9.66. The van der Waals surface area contributed by atoms with E-state index < -0.39 is 0 Å². The van der Waals surface area contributed by atoms with Gasteiger partial charge in [-0.25, -0.2) is 4.98 Å². The van der Waals surface area contributed by atoms with Crippen molar-refractivity contribution in [3.8, 4) is 78.3 Å². The number of nitrogens with zero attached hydrogens (tertiary/aromatic N) is 4. The molecule has 344 valence electrons.